The first-order valence-corrected chi connectivity index (χ1v) is 6.40. The summed E-state index contributed by atoms with van der Waals surface area (Å²) in [5.41, 5.74) is 0. The van der Waals surface area contributed by atoms with E-state index < -0.39 is 5.97 Å². The summed E-state index contributed by atoms with van der Waals surface area (Å²) in [4.78, 5) is 21.5. The summed E-state index contributed by atoms with van der Waals surface area (Å²) in [5.74, 6) is 0.675. The average molecular weight is 231 g/mol. The molecule has 0 aromatic rings. The second-order valence-corrected chi connectivity index (χ2v) is 4.90. The zero-order valence-electron chi connectivity index (χ0n) is 8.70. The second kappa shape index (κ2) is 6.71. The molecule has 1 saturated carbocycles. The quantitative estimate of drug-likeness (QED) is 0.644. The van der Waals surface area contributed by atoms with Crippen LogP contribution in [0.4, 0.5) is 0 Å². The van der Waals surface area contributed by atoms with E-state index in [0.717, 1.165) is 0 Å². The molecule has 0 saturated heterocycles. The topological polar surface area (TPSA) is 66.4 Å². The van der Waals surface area contributed by atoms with Crippen LogP contribution in [-0.4, -0.2) is 35.0 Å². The number of carboxylic acid groups (broad SMARTS) is 1. The SMILES string of the molecule is O=C(O)CSCCNC(=O)CC1CCC1. The molecule has 0 bridgehead atoms. The maximum atomic E-state index is 11.3. The van der Waals surface area contributed by atoms with Gasteiger partial charge in [-0.2, -0.15) is 0 Å². The van der Waals surface area contributed by atoms with Crippen LogP contribution >= 0.6 is 11.8 Å². The number of carbonyl (C=O) groups excluding carboxylic acids is 1. The Morgan fingerprint density at radius 2 is 2.13 bits per heavy atom. The number of nitrogens with one attached hydrogen (secondary N) is 1. The number of thioether (sulfide) groups is 1. The number of amides is 1. The van der Waals surface area contributed by atoms with Crippen molar-refractivity contribution >= 4 is 23.6 Å². The Morgan fingerprint density at radius 1 is 1.40 bits per heavy atom. The Hall–Kier alpha value is -0.710. The molecular weight excluding hydrogens is 214 g/mol. The van der Waals surface area contributed by atoms with E-state index in [1.54, 1.807) is 0 Å². The lowest BCUT2D eigenvalue weighted by molar-refractivity contribution is -0.133. The molecule has 5 heteroatoms. The fourth-order valence-electron chi connectivity index (χ4n) is 1.45. The van der Waals surface area contributed by atoms with E-state index in [2.05, 4.69) is 5.32 Å². The molecular formula is C10H17NO3S. The van der Waals surface area contributed by atoms with Gasteiger partial charge in [0.15, 0.2) is 0 Å². The Balaban J connectivity index is 1.90. The van der Waals surface area contributed by atoms with Crippen molar-refractivity contribution in [2.75, 3.05) is 18.1 Å². The van der Waals surface area contributed by atoms with Crippen molar-refractivity contribution in [2.45, 2.75) is 25.7 Å². The number of rotatable bonds is 7. The van der Waals surface area contributed by atoms with Crippen molar-refractivity contribution in [3.8, 4) is 0 Å². The molecule has 4 nitrogen and oxygen atoms in total. The predicted molar refractivity (Wildman–Crippen MR) is 59.9 cm³/mol. The second-order valence-electron chi connectivity index (χ2n) is 3.80. The number of carbonyl (C=O) groups is 2. The van der Waals surface area contributed by atoms with Gasteiger partial charge >= 0.3 is 5.97 Å². The molecule has 0 radical (unpaired) electrons. The fourth-order valence-corrected chi connectivity index (χ4v) is 2.02. The van der Waals surface area contributed by atoms with Crippen molar-refractivity contribution in [1.82, 2.24) is 5.32 Å². The van der Waals surface area contributed by atoms with Gasteiger partial charge in [0, 0.05) is 18.7 Å². The molecule has 0 atom stereocenters. The van der Waals surface area contributed by atoms with Gasteiger partial charge in [0.2, 0.25) is 5.91 Å². The average Bonchev–Trinajstić information content (AvgIpc) is 2.10. The largest absolute Gasteiger partial charge is 0.481 e. The van der Waals surface area contributed by atoms with Crippen LogP contribution in [0.3, 0.4) is 0 Å². The highest BCUT2D eigenvalue weighted by Gasteiger charge is 2.20. The van der Waals surface area contributed by atoms with Crippen LogP contribution in [0.25, 0.3) is 0 Å². The first-order chi connectivity index (χ1) is 7.18. The molecule has 2 N–H and O–H groups in total. The van der Waals surface area contributed by atoms with Crippen LogP contribution in [0.5, 0.6) is 0 Å². The smallest absolute Gasteiger partial charge is 0.313 e. The van der Waals surface area contributed by atoms with E-state index >= 15 is 0 Å². The normalized spacial score (nSPS) is 15.7. The lowest BCUT2D eigenvalue weighted by atomic mass is 9.83. The van der Waals surface area contributed by atoms with Gasteiger partial charge in [-0.15, -0.1) is 11.8 Å². The van der Waals surface area contributed by atoms with Crippen LogP contribution in [0.1, 0.15) is 25.7 Å². The third-order valence-electron chi connectivity index (χ3n) is 2.49. The molecule has 1 aliphatic rings. The lowest BCUT2D eigenvalue weighted by Crippen LogP contribution is -2.29. The summed E-state index contributed by atoms with van der Waals surface area (Å²) in [7, 11) is 0. The Morgan fingerprint density at radius 3 is 2.67 bits per heavy atom. The Kier molecular flexibility index (Phi) is 5.53. The summed E-state index contributed by atoms with van der Waals surface area (Å²) in [5, 5.41) is 11.2. The van der Waals surface area contributed by atoms with E-state index in [4.69, 9.17) is 5.11 Å². The van der Waals surface area contributed by atoms with E-state index in [9.17, 15) is 9.59 Å². The third kappa shape index (κ3) is 5.67. The first kappa shape index (κ1) is 12.4. The highest BCUT2D eigenvalue weighted by molar-refractivity contribution is 7.99. The monoisotopic (exact) mass is 231 g/mol. The Labute approximate surface area is 93.8 Å². The zero-order chi connectivity index (χ0) is 11.1. The van der Waals surface area contributed by atoms with Gasteiger partial charge in [0.25, 0.3) is 0 Å². The summed E-state index contributed by atoms with van der Waals surface area (Å²) in [6, 6.07) is 0. The molecule has 0 aromatic heterocycles. The molecule has 0 spiro atoms. The fraction of sp³-hybridized carbons (Fsp3) is 0.800. The van der Waals surface area contributed by atoms with Crippen molar-refractivity contribution in [3.05, 3.63) is 0 Å². The molecule has 0 heterocycles. The maximum absolute atomic E-state index is 11.3. The number of hydrogen-bond donors (Lipinski definition) is 2. The first-order valence-electron chi connectivity index (χ1n) is 5.24. The predicted octanol–water partition coefficient (Wildman–Crippen LogP) is 1.11. The van der Waals surface area contributed by atoms with Crippen LogP contribution in [0.2, 0.25) is 0 Å². The maximum Gasteiger partial charge on any atom is 0.313 e. The summed E-state index contributed by atoms with van der Waals surface area (Å²) in [6.07, 6.45) is 4.26. The lowest BCUT2D eigenvalue weighted by Gasteiger charge is -2.24. The van der Waals surface area contributed by atoms with Gasteiger partial charge < -0.3 is 10.4 Å². The molecule has 0 unspecified atom stereocenters. The van der Waals surface area contributed by atoms with Gasteiger partial charge in [0.1, 0.15) is 0 Å². The summed E-state index contributed by atoms with van der Waals surface area (Å²) in [6.45, 7) is 0.573. The molecule has 0 aliphatic heterocycles. The Bertz CT molecular complexity index is 229. The molecule has 1 aliphatic carbocycles. The molecule has 15 heavy (non-hydrogen) atoms. The van der Waals surface area contributed by atoms with E-state index in [1.807, 2.05) is 0 Å². The van der Waals surface area contributed by atoms with Crippen LogP contribution in [-0.2, 0) is 9.59 Å². The van der Waals surface area contributed by atoms with Gasteiger partial charge in [-0.3, -0.25) is 9.59 Å². The minimum atomic E-state index is -0.805. The van der Waals surface area contributed by atoms with Gasteiger partial charge in [-0.1, -0.05) is 6.42 Å². The minimum absolute atomic E-state index is 0.107. The van der Waals surface area contributed by atoms with E-state index in [0.29, 0.717) is 24.6 Å². The van der Waals surface area contributed by atoms with Gasteiger partial charge in [-0.25, -0.2) is 0 Å². The van der Waals surface area contributed by atoms with Crippen molar-refractivity contribution in [1.29, 1.82) is 0 Å². The van der Waals surface area contributed by atoms with Crippen LogP contribution < -0.4 is 5.32 Å². The number of carboxylic acids is 1. The van der Waals surface area contributed by atoms with E-state index in [-0.39, 0.29) is 11.7 Å². The summed E-state index contributed by atoms with van der Waals surface area (Å²) < 4.78 is 0. The molecule has 86 valence electrons. The summed E-state index contributed by atoms with van der Waals surface area (Å²) >= 11 is 1.33. The van der Waals surface area contributed by atoms with Gasteiger partial charge in [-0.05, 0) is 18.8 Å². The highest BCUT2D eigenvalue weighted by atomic mass is 32.2. The van der Waals surface area contributed by atoms with Gasteiger partial charge in [0.05, 0.1) is 5.75 Å². The molecule has 1 fully saturated rings. The van der Waals surface area contributed by atoms with E-state index in [1.165, 1.54) is 31.0 Å². The van der Waals surface area contributed by atoms with Crippen molar-refractivity contribution in [2.24, 2.45) is 5.92 Å². The molecule has 1 rings (SSSR count). The highest BCUT2D eigenvalue weighted by Crippen LogP contribution is 2.28. The zero-order valence-corrected chi connectivity index (χ0v) is 9.52. The number of aliphatic carboxylic acids is 1. The third-order valence-corrected chi connectivity index (χ3v) is 3.44. The molecule has 1 amide bonds. The minimum Gasteiger partial charge on any atom is -0.481 e. The van der Waals surface area contributed by atoms with Crippen LogP contribution in [0, 0.1) is 5.92 Å². The van der Waals surface area contributed by atoms with Crippen LogP contribution in [0.15, 0.2) is 0 Å². The number of hydrogen-bond acceptors (Lipinski definition) is 3. The van der Waals surface area contributed by atoms with Crippen molar-refractivity contribution < 1.29 is 14.7 Å². The standard InChI is InChI=1S/C10H17NO3S/c12-9(6-8-2-1-3-8)11-4-5-15-7-10(13)14/h8H,1-7H2,(H,11,12)(H,13,14). The van der Waals surface area contributed by atoms with Crippen molar-refractivity contribution in [3.63, 3.8) is 0 Å². The molecule has 0 aromatic carbocycles.